The summed E-state index contributed by atoms with van der Waals surface area (Å²) in [5.74, 6) is 0. The van der Waals surface area contributed by atoms with Gasteiger partial charge in [-0.05, 0) is 18.9 Å². The first-order valence-corrected chi connectivity index (χ1v) is 4.51. The van der Waals surface area contributed by atoms with Crippen LogP contribution in [0.1, 0.15) is 18.9 Å². The Morgan fingerprint density at radius 1 is 1.38 bits per heavy atom. The smallest absolute Gasteiger partial charge is 0.0635 e. The molecule has 2 heteroatoms. The number of hydrogen-bond acceptors (Lipinski definition) is 2. The van der Waals surface area contributed by atoms with Gasteiger partial charge in [-0.25, -0.2) is 0 Å². The van der Waals surface area contributed by atoms with Crippen LogP contribution in [0.5, 0.6) is 0 Å². The molecule has 0 aliphatic heterocycles. The van der Waals surface area contributed by atoms with Gasteiger partial charge in [-0.1, -0.05) is 37.3 Å². The molecular formula is C11H17N2. The highest BCUT2D eigenvalue weighted by Crippen LogP contribution is 2.03. The second-order valence-corrected chi connectivity index (χ2v) is 3.51. The van der Waals surface area contributed by atoms with Crippen LogP contribution in [0.4, 0.5) is 0 Å². The Morgan fingerprint density at radius 2 is 2.00 bits per heavy atom. The molecule has 1 aromatic carbocycles. The SMILES string of the molecule is [CH2]CC(C)(N)NCc1ccccc1. The van der Waals surface area contributed by atoms with Crippen molar-refractivity contribution in [3.05, 3.63) is 42.8 Å². The lowest BCUT2D eigenvalue weighted by atomic mass is 10.1. The van der Waals surface area contributed by atoms with Gasteiger partial charge in [0.15, 0.2) is 0 Å². The fourth-order valence-corrected chi connectivity index (χ4v) is 0.988. The van der Waals surface area contributed by atoms with Gasteiger partial charge < -0.3 is 5.73 Å². The van der Waals surface area contributed by atoms with Crippen molar-refractivity contribution in [1.29, 1.82) is 0 Å². The fourth-order valence-electron chi connectivity index (χ4n) is 0.988. The Morgan fingerprint density at radius 3 is 2.54 bits per heavy atom. The highest BCUT2D eigenvalue weighted by molar-refractivity contribution is 5.14. The van der Waals surface area contributed by atoms with Gasteiger partial charge in [0.05, 0.1) is 5.66 Å². The van der Waals surface area contributed by atoms with E-state index in [1.807, 2.05) is 25.1 Å². The number of nitrogens with one attached hydrogen (secondary N) is 1. The van der Waals surface area contributed by atoms with E-state index in [0.29, 0.717) is 6.42 Å². The zero-order valence-corrected chi connectivity index (χ0v) is 8.09. The maximum atomic E-state index is 5.89. The summed E-state index contributed by atoms with van der Waals surface area (Å²) in [6.07, 6.45) is 0.680. The Hall–Kier alpha value is -0.860. The van der Waals surface area contributed by atoms with Gasteiger partial charge in [0.1, 0.15) is 0 Å². The lowest BCUT2D eigenvalue weighted by molar-refractivity contribution is 0.368. The molecule has 1 radical (unpaired) electrons. The molecule has 1 aromatic rings. The van der Waals surface area contributed by atoms with Crippen molar-refractivity contribution in [2.24, 2.45) is 5.73 Å². The average molecular weight is 177 g/mol. The van der Waals surface area contributed by atoms with E-state index in [-0.39, 0.29) is 5.66 Å². The fraction of sp³-hybridized carbons (Fsp3) is 0.364. The molecule has 0 heterocycles. The summed E-state index contributed by atoms with van der Waals surface area (Å²) in [7, 11) is 0. The summed E-state index contributed by atoms with van der Waals surface area (Å²) in [6.45, 7) is 6.52. The molecule has 1 atom stereocenters. The highest BCUT2D eigenvalue weighted by atomic mass is 15.1. The van der Waals surface area contributed by atoms with Gasteiger partial charge >= 0.3 is 0 Å². The first-order valence-electron chi connectivity index (χ1n) is 4.51. The van der Waals surface area contributed by atoms with Crippen LogP contribution in [-0.4, -0.2) is 5.66 Å². The average Bonchev–Trinajstić information content (AvgIpc) is 2.17. The molecule has 0 saturated carbocycles. The third-order valence-corrected chi connectivity index (χ3v) is 2.06. The van der Waals surface area contributed by atoms with Crippen molar-refractivity contribution in [2.75, 3.05) is 0 Å². The van der Waals surface area contributed by atoms with Crippen molar-refractivity contribution < 1.29 is 0 Å². The minimum absolute atomic E-state index is 0.365. The quantitative estimate of drug-likeness (QED) is 0.687. The first-order chi connectivity index (χ1) is 6.14. The molecule has 0 aliphatic carbocycles. The molecule has 0 spiro atoms. The van der Waals surface area contributed by atoms with Crippen LogP contribution >= 0.6 is 0 Å². The molecule has 0 aromatic heterocycles. The van der Waals surface area contributed by atoms with E-state index in [4.69, 9.17) is 5.73 Å². The molecule has 1 unspecified atom stereocenters. The van der Waals surface area contributed by atoms with Crippen molar-refractivity contribution in [3.8, 4) is 0 Å². The Balaban J connectivity index is 2.44. The van der Waals surface area contributed by atoms with E-state index in [2.05, 4.69) is 24.4 Å². The first kappa shape index (κ1) is 10.2. The summed E-state index contributed by atoms with van der Waals surface area (Å²) in [4.78, 5) is 0. The predicted molar refractivity (Wildman–Crippen MR) is 55.8 cm³/mol. The molecule has 0 aliphatic rings. The molecule has 71 valence electrons. The minimum Gasteiger partial charge on any atom is -0.314 e. The molecule has 0 saturated heterocycles. The van der Waals surface area contributed by atoms with Gasteiger partial charge in [-0.3, -0.25) is 5.32 Å². The van der Waals surface area contributed by atoms with Gasteiger partial charge in [-0.2, -0.15) is 0 Å². The topological polar surface area (TPSA) is 38.0 Å². The van der Waals surface area contributed by atoms with Crippen LogP contribution in [0, 0.1) is 6.92 Å². The third kappa shape index (κ3) is 3.57. The monoisotopic (exact) mass is 177 g/mol. The Labute approximate surface area is 80.1 Å². The van der Waals surface area contributed by atoms with Crippen LogP contribution in [0.2, 0.25) is 0 Å². The molecule has 1 rings (SSSR count). The van der Waals surface area contributed by atoms with Crippen LogP contribution < -0.4 is 11.1 Å². The molecular weight excluding hydrogens is 160 g/mol. The largest absolute Gasteiger partial charge is 0.314 e. The maximum Gasteiger partial charge on any atom is 0.0635 e. The normalized spacial score (nSPS) is 15.3. The predicted octanol–water partition coefficient (Wildman–Crippen LogP) is 1.68. The van der Waals surface area contributed by atoms with E-state index in [1.54, 1.807) is 0 Å². The van der Waals surface area contributed by atoms with Crippen LogP contribution in [-0.2, 0) is 6.54 Å². The number of nitrogens with two attached hydrogens (primary N) is 1. The standard InChI is InChI=1S/C11H17N2/c1-3-11(2,12)13-9-10-7-5-4-6-8-10/h4-8,13H,1,3,9,12H2,2H3. The summed E-state index contributed by atoms with van der Waals surface area (Å²) in [5, 5.41) is 3.24. The number of benzene rings is 1. The van der Waals surface area contributed by atoms with E-state index in [9.17, 15) is 0 Å². The second kappa shape index (κ2) is 4.40. The van der Waals surface area contributed by atoms with Crippen LogP contribution in [0.3, 0.4) is 0 Å². The molecule has 0 amide bonds. The maximum absolute atomic E-state index is 5.89. The molecule has 13 heavy (non-hydrogen) atoms. The number of rotatable bonds is 4. The van der Waals surface area contributed by atoms with E-state index in [0.717, 1.165) is 6.54 Å². The molecule has 0 fully saturated rings. The zero-order valence-electron chi connectivity index (χ0n) is 8.09. The van der Waals surface area contributed by atoms with E-state index < -0.39 is 0 Å². The lowest BCUT2D eigenvalue weighted by Gasteiger charge is -2.24. The highest BCUT2D eigenvalue weighted by Gasteiger charge is 2.13. The summed E-state index contributed by atoms with van der Waals surface area (Å²) >= 11 is 0. The Bertz CT molecular complexity index is 242. The van der Waals surface area contributed by atoms with Gasteiger partial charge in [-0.15, -0.1) is 0 Å². The van der Waals surface area contributed by atoms with Crippen molar-refractivity contribution >= 4 is 0 Å². The summed E-state index contributed by atoms with van der Waals surface area (Å²) < 4.78 is 0. The molecule has 2 nitrogen and oxygen atoms in total. The van der Waals surface area contributed by atoms with Gasteiger partial charge in [0.2, 0.25) is 0 Å². The van der Waals surface area contributed by atoms with Gasteiger partial charge in [0.25, 0.3) is 0 Å². The molecule has 3 N–H and O–H groups in total. The zero-order chi connectivity index (χ0) is 9.73. The summed E-state index contributed by atoms with van der Waals surface area (Å²) in [6, 6.07) is 10.2. The van der Waals surface area contributed by atoms with Gasteiger partial charge in [0, 0.05) is 6.54 Å². The molecule has 0 bridgehead atoms. The van der Waals surface area contributed by atoms with Crippen molar-refractivity contribution in [2.45, 2.75) is 25.6 Å². The van der Waals surface area contributed by atoms with E-state index >= 15 is 0 Å². The Kier molecular flexibility index (Phi) is 3.46. The summed E-state index contributed by atoms with van der Waals surface area (Å²) in [5.41, 5.74) is 6.77. The van der Waals surface area contributed by atoms with Crippen LogP contribution in [0.25, 0.3) is 0 Å². The van der Waals surface area contributed by atoms with Crippen LogP contribution in [0.15, 0.2) is 30.3 Å². The minimum atomic E-state index is -0.365. The number of hydrogen-bond donors (Lipinski definition) is 2. The lowest BCUT2D eigenvalue weighted by Crippen LogP contribution is -2.49. The second-order valence-electron chi connectivity index (χ2n) is 3.51. The van der Waals surface area contributed by atoms with Crippen molar-refractivity contribution in [3.63, 3.8) is 0 Å². The van der Waals surface area contributed by atoms with E-state index in [1.165, 1.54) is 5.56 Å². The third-order valence-electron chi connectivity index (χ3n) is 2.06. The van der Waals surface area contributed by atoms with Crippen molar-refractivity contribution in [1.82, 2.24) is 5.32 Å².